The van der Waals surface area contributed by atoms with Crippen molar-refractivity contribution in [2.75, 3.05) is 18.4 Å². The van der Waals surface area contributed by atoms with Crippen molar-refractivity contribution in [2.24, 2.45) is 8.73 Å². The Hall–Kier alpha value is -2.06. The highest BCUT2D eigenvalue weighted by Gasteiger charge is 2.29. The molecule has 1 unspecified atom stereocenters. The van der Waals surface area contributed by atoms with Crippen LogP contribution in [0.15, 0.2) is 26.9 Å². The Labute approximate surface area is 131 Å². The fraction of sp³-hybridized carbons (Fsp3) is 0.429. The molecular formula is C14H16N4O3S. The molecule has 0 saturated carbocycles. The smallest absolute Gasteiger partial charge is 0.320 e. The lowest BCUT2D eigenvalue weighted by Crippen LogP contribution is -2.47. The summed E-state index contributed by atoms with van der Waals surface area (Å²) >= 11 is 1.09. The van der Waals surface area contributed by atoms with E-state index in [9.17, 15) is 14.7 Å². The van der Waals surface area contributed by atoms with Gasteiger partial charge in [-0.1, -0.05) is 12.5 Å². The zero-order valence-electron chi connectivity index (χ0n) is 11.9. The van der Waals surface area contributed by atoms with Gasteiger partial charge in [-0.25, -0.2) is 0 Å². The number of carbonyl (C=O) groups excluding carboxylic acids is 1. The van der Waals surface area contributed by atoms with Crippen LogP contribution >= 0.6 is 0 Å². The molecule has 0 spiro atoms. The maximum absolute atomic E-state index is 12.2. The lowest BCUT2D eigenvalue weighted by molar-refractivity contribution is -0.145. The second-order valence-corrected chi connectivity index (χ2v) is 5.83. The van der Waals surface area contributed by atoms with Crippen molar-refractivity contribution in [3.8, 4) is 0 Å². The molecular weight excluding hydrogens is 304 g/mol. The van der Waals surface area contributed by atoms with Crippen molar-refractivity contribution in [3.05, 3.63) is 18.2 Å². The van der Waals surface area contributed by atoms with Crippen LogP contribution in [-0.2, 0) is 20.9 Å². The molecule has 0 aliphatic carbocycles. The molecule has 0 bridgehead atoms. The number of benzene rings is 1. The second kappa shape index (κ2) is 6.37. The largest absolute Gasteiger partial charge is 0.480 e. The fourth-order valence-corrected chi connectivity index (χ4v) is 3.29. The van der Waals surface area contributed by atoms with Crippen LogP contribution in [-0.4, -0.2) is 41.0 Å². The summed E-state index contributed by atoms with van der Waals surface area (Å²) in [5, 5.41) is 12.0. The molecule has 3 rings (SSSR count). The molecule has 1 atom stereocenters. The third-order valence-corrected chi connectivity index (χ3v) is 4.35. The van der Waals surface area contributed by atoms with Crippen LogP contribution in [0, 0.1) is 0 Å². The number of likely N-dealkylation sites (tertiary alicyclic amines) is 1. The topological polar surface area (TPSA) is 94.4 Å². The number of fused-ring (bicyclic) bond motifs is 1. The van der Waals surface area contributed by atoms with Gasteiger partial charge in [0.2, 0.25) is 5.91 Å². The van der Waals surface area contributed by atoms with E-state index in [-0.39, 0.29) is 12.5 Å². The maximum Gasteiger partial charge on any atom is 0.320 e. The van der Waals surface area contributed by atoms with E-state index in [4.69, 9.17) is 0 Å². The Morgan fingerprint density at radius 2 is 2.23 bits per heavy atom. The normalized spacial score (nSPS) is 20.3. The molecule has 2 aliphatic heterocycles. The monoisotopic (exact) mass is 320 g/mol. The Morgan fingerprint density at radius 3 is 3.05 bits per heavy atom. The quantitative estimate of drug-likeness (QED) is 0.903. The van der Waals surface area contributed by atoms with E-state index < -0.39 is 12.0 Å². The number of piperidine rings is 1. The molecule has 22 heavy (non-hydrogen) atoms. The van der Waals surface area contributed by atoms with E-state index in [0.29, 0.717) is 24.3 Å². The molecule has 2 aliphatic rings. The van der Waals surface area contributed by atoms with Gasteiger partial charge in [0, 0.05) is 0 Å². The van der Waals surface area contributed by atoms with Crippen molar-refractivity contribution in [2.45, 2.75) is 25.3 Å². The van der Waals surface area contributed by atoms with Crippen LogP contribution in [0.2, 0.25) is 0 Å². The van der Waals surface area contributed by atoms with E-state index in [1.165, 1.54) is 0 Å². The number of carboxylic acids is 1. The summed E-state index contributed by atoms with van der Waals surface area (Å²) < 4.78 is 8.30. The molecule has 0 aromatic heterocycles. The summed E-state index contributed by atoms with van der Waals surface area (Å²) in [4.78, 5) is 25.2. The molecule has 7 nitrogen and oxygen atoms in total. The second-order valence-electron chi connectivity index (χ2n) is 5.31. The standard InChI is InChI=1S/C14H16N4O3S/c19-12(8-18-7-2-1-6-11(18)14(20)21)15-9-4-3-5-10-13(9)17-22-16-10/h3-5,11H,1-2,6-8H2,(H,15,19)(H,20,21). The van der Waals surface area contributed by atoms with Crippen molar-refractivity contribution in [3.63, 3.8) is 0 Å². The zero-order chi connectivity index (χ0) is 15.5. The summed E-state index contributed by atoms with van der Waals surface area (Å²) in [5.74, 6) is -1.09. The molecule has 116 valence electrons. The molecule has 2 heterocycles. The number of nitrogens with one attached hydrogen (secondary N) is 1. The lowest BCUT2D eigenvalue weighted by atomic mass is 10.0. The highest BCUT2D eigenvalue weighted by Crippen LogP contribution is 2.38. The van der Waals surface area contributed by atoms with Gasteiger partial charge >= 0.3 is 5.97 Å². The molecule has 1 aromatic carbocycles. The van der Waals surface area contributed by atoms with Gasteiger partial charge in [0.1, 0.15) is 17.4 Å². The maximum atomic E-state index is 12.2. The number of anilines is 1. The number of hydrogen-bond donors (Lipinski definition) is 2. The minimum Gasteiger partial charge on any atom is -0.480 e. The number of aliphatic carboxylic acids is 1. The van der Waals surface area contributed by atoms with Crippen LogP contribution in [0.1, 0.15) is 19.3 Å². The summed E-state index contributed by atoms with van der Waals surface area (Å²) in [5.41, 5.74) is 2.01. The Balaban J connectivity index is 1.67. The molecule has 1 fully saturated rings. The third kappa shape index (κ3) is 3.07. The van der Waals surface area contributed by atoms with Crippen molar-refractivity contribution in [1.29, 1.82) is 0 Å². The van der Waals surface area contributed by atoms with Gasteiger partial charge in [0.25, 0.3) is 0 Å². The average molecular weight is 320 g/mol. The minimum atomic E-state index is -0.863. The average Bonchev–Trinajstić information content (AvgIpc) is 2.97. The van der Waals surface area contributed by atoms with Gasteiger partial charge < -0.3 is 10.4 Å². The Morgan fingerprint density at radius 1 is 1.36 bits per heavy atom. The van der Waals surface area contributed by atoms with Gasteiger partial charge in [-0.15, -0.1) is 0 Å². The number of carboxylic acid groups (broad SMARTS) is 1. The molecule has 1 amide bonds. The molecule has 1 aromatic rings. The highest BCUT2D eigenvalue weighted by molar-refractivity contribution is 7.58. The first-order valence-electron chi connectivity index (χ1n) is 7.13. The van der Waals surface area contributed by atoms with Crippen molar-refractivity contribution >= 4 is 40.3 Å². The van der Waals surface area contributed by atoms with E-state index in [0.717, 1.165) is 29.9 Å². The van der Waals surface area contributed by atoms with Crippen LogP contribution in [0.5, 0.6) is 0 Å². The van der Waals surface area contributed by atoms with Crippen LogP contribution in [0.3, 0.4) is 0 Å². The first kappa shape index (κ1) is 14.9. The number of hydrogen-bond acceptors (Lipinski definition) is 5. The van der Waals surface area contributed by atoms with E-state index in [1.807, 2.05) is 6.07 Å². The van der Waals surface area contributed by atoms with E-state index >= 15 is 0 Å². The molecule has 2 N–H and O–H groups in total. The summed E-state index contributed by atoms with van der Waals surface area (Å²) in [6, 6.07) is 4.84. The van der Waals surface area contributed by atoms with E-state index in [1.54, 1.807) is 17.0 Å². The van der Waals surface area contributed by atoms with E-state index in [2.05, 4.69) is 14.0 Å². The van der Waals surface area contributed by atoms with Gasteiger partial charge in [-0.3, -0.25) is 14.5 Å². The predicted molar refractivity (Wildman–Crippen MR) is 83.5 cm³/mol. The van der Waals surface area contributed by atoms with Crippen molar-refractivity contribution in [1.82, 2.24) is 4.90 Å². The minimum absolute atomic E-state index is 0.0743. The van der Waals surface area contributed by atoms with Crippen molar-refractivity contribution < 1.29 is 14.7 Å². The predicted octanol–water partition coefficient (Wildman–Crippen LogP) is 2.29. The van der Waals surface area contributed by atoms with Gasteiger partial charge in [0.05, 0.1) is 23.6 Å². The number of rotatable bonds is 4. The van der Waals surface area contributed by atoms with Crippen LogP contribution in [0.4, 0.5) is 17.1 Å². The SMILES string of the molecule is O=C(CN1CCCCC1C(=O)O)Nc1cccc2c1N=S=N2. The number of nitrogens with zero attached hydrogens (tertiary/aromatic N) is 3. The molecule has 1 saturated heterocycles. The lowest BCUT2D eigenvalue weighted by Gasteiger charge is -2.32. The number of amides is 1. The summed E-state index contributed by atoms with van der Waals surface area (Å²) in [6.07, 6.45) is 2.40. The fourth-order valence-electron chi connectivity index (χ4n) is 2.74. The molecule has 0 radical (unpaired) electrons. The third-order valence-electron chi connectivity index (χ3n) is 3.81. The Bertz CT molecular complexity index is 685. The highest BCUT2D eigenvalue weighted by atomic mass is 32.1. The first-order valence-corrected chi connectivity index (χ1v) is 7.86. The zero-order valence-corrected chi connectivity index (χ0v) is 12.7. The molecule has 8 heteroatoms. The Kier molecular flexibility index (Phi) is 4.30. The number of carbonyl (C=O) groups is 2. The van der Waals surface area contributed by atoms with Crippen LogP contribution < -0.4 is 5.32 Å². The summed E-state index contributed by atoms with van der Waals surface area (Å²) in [7, 11) is 0. The summed E-state index contributed by atoms with van der Waals surface area (Å²) in [6.45, 7) is 0.706. The van der Waals surface area contributed by atoms with Crippen LogP contribution in [0.25, 0.3) is 0 Å². The van der Waals surface area contributed by atoms with Gasteiger partial charge in [-0.2, -0.15) is 8.73 Å². The first-order chi connectivity index (χ1) is 10.6. The van der Waals surface area contributed by atoms with Gasteiger partial charge in [0.15, 0.2) is 0 Å². The van der Waals surface area contributed by atoms with Gasteiger partial charge in [-0.05, 0) is 31.5 Å².